The van der Waals surface area contributed by atoms with Gasteiger partial charge in [-0.15, -0.1) is 0 Å². The highest BCUT2D eigenvalue weighted by atomic mass is 16.7. The van der Waals surface area contributed by atoms with Gasteiger partial charge in [0.2, 0.25) is 5.91 Å². The predicted molar refractivity (Wildman–Crippen MR) is 328 cm³/mol. The Morgan fingerprint density at radius 2 is 0.649 bits per heavy atom. The second-order valence-electron chi connectivity index (χ2n) is 24.7. The number of aliphatic hydroxyl groups is 5. The molecule has 1 fully saturated rings. The summed E-state index contributed by atoms with van der Waals surface area (Å²) in [4.78, 5) is 13.1. The van der Waals surface area contributed by atoms with Crippen LogP contribution in [0, 0.1) is 0 Å². The average Bonchev–Trinajstić information content (AvgIpc) is 3.43. The van der Waals surface area contributed by atoms with E-state index in [0.29, 0.717) is 12.8 Å². The largest absolute Gasteiger partial charge is 0.394 e. The first-order chi connectivity index (χ1) is 37.8. The van der Waals surface area contributed by atoms with E-state index in [0.717, 1.165) is 38.5 Å². The van der Waals surface area contributed by atoms with Gasteiger partial charge in [-0.2, -0.15) is 0 Å². The van der Waals surface area contributed by atoms with E-state index in [1.807, 2.05) is 0 Å². The summed E-state index contributed by atoms with van der Waals surface area (Å²) in [6, 6.07) is -0.715. The molecule has 6 N–H and O–H groups in total. The highest BCUT2D eigenvalue weighted by Gasteiger charge is 2.44. The molecule has 7 atom stereocenters. The third-order valence-electron chi connectivity index (χ3n) is 17.2. The number of rotatable bonds is 62. The van der Waals surface area contributed by atoms with Crippen molar-refractivity contribution in [1.82, 2.24) is 5.32 Å². The number of ether oxygens (including phenoxy) is 2. The number of unbranched alkanes of at least 4 members (excludes halogenated alkanes) is 52. The van der Waals surface area contributed by atoms with Gasteiger partial charge in [-0.1, -0.05) is 354 Å². The molecule has 0 aliphatic carbocycles. The topological polar surface area (TPSA) is 149 Å². The Morgan fingerprint density at radius 1 is 0.390 bits per heavy atom. The van der Waals surface area contributed by atoms with Crippen LogP contribution >= 0.6 is 0 Å². The first-order valence-corrected chi connectivity index (χ1v) is 34.7. The quantitative estimate of drug-likeness (QED) is 0.0330. The third-order valence-corrected chi connectivity index (χ3v) is 17.2. The van der Waals surface area contributed by atoms with Crippen LogP contribution in [0.1, 0.15) is 373 Å². The van der Waals surface area contributed by atoms with E-state index >= 15 is 0 Å². The van der Waals surface area contributed by atoms with E-state index in [9.17, 15) is 30.3 Å². The van der Waals surface area contributed by atoms with Crippen molar-refractivity contribution in [1.29, 1.82) is 0 Å². The van der Waals surface area contributed by atoms with Crippen LogP contribution in [-0.4, -0.2) is 87.5 Å². The number of aliphatic hydroxyl groups excluding tert-OH is 5. The van der Waals surface area contributed by atoms with Crippen LogP contribution in [0.4, 0.5) is 0 Å². The summed E-state index contributed by atoms with van der Waals surface area (Å²) in [5.74, 6) is -0.133. The zero-order valence-electron chi connectivity index (χ0n) is 51.5. The third kappa shape index (κ3) is 47.4. The fourth-order valence-electron chi connectivity index (χ4n) is 11.8. The molecule has 460 valence electrons. The molecule has 0 radical (unpaired) electrons. The Kier molecular flexibility index (Phi) is 56.3. The molecule has 1 aliphatic rings. The minimum atomic E-state index is -1.55. The Balaban J connectivity index is 2.10. The van der Waals surface area contributed by atoms with Crippen LogP contribution in [-0.2, 0) is 14.3 Å². The van der Waals surface area contributed by atoms with Gasteiger partial charge in [0.05, 0.1) is 25.4 Å². The van der Waals surface area contributed by atoms with Gasteiger partial charge in [0.1, 0.15) is 24.4 Å². The number of carbonyl (C=O) groups excluding carboxylic acids is 1. The second-order valence-corrected chi connectivity index (χ2v) is 24.7. The standard InChI is InChI=1S/C68H135NO8/c1-3-5-7-9-11-13-15-17-19-21-23-25-27-29-31-33-35-37-39-41-43-45-47-49-51-53-55-57-62(71)61(60-76-68-67(75)66(74)65(73)63(59-70)77-68)69-64(72)58-56-54-52-50-48-46-44-42-40-38-36-34-32-30-28-26-24-22-20-18-16-14-12-10-8-6-4-2/h61-63,65-68,70-71,73-75H,3-60H2,1-2H3,(H,69,72). The van der Waals surface area contributed by atoms with Crippen molar-refractivity contribution >= 4 is 5.91 Å². The normalized spacial score (nSPS) is 18.6. The lowest BCUT2D eigenvalue weighted by Gasteiger charge is -2.40. The fourth-order valence-corrected chi connectivity index (χ4v) is 11.8. The van der Waals surface area contributed by atoms with E-state index in [2.05, 4.69) is 19.2 Å². The molecule has 1 heterocycles. The van der Waals surface area contributed by atoms with Crippen molar-refractivity contribution in [3.8, 4) is 0 Å². The Labute approximate surface area is 478 Å². The SMILES string of the molecule is CCCCCCCCCCCCCCCCCCCCCCCCCCCCCC(=O)NC(COC1OC(CO)C(O)C(O)C1O)C(O)CCCCCCCCCCCCCCCCCCCCCCCCCCCCC. The number of hydrogen-bond donors (Lipinski definition) is 6. The molecule has 0 aromatic rings. The van der Waals surface area contributed by atoms with Crippen LogP contribution in [0.2, 0.25) is 0 Å². The fraction of sp³-hybridized carbons (Fsp3) is 0.985. The molecule has 9 nitrogen and oxygen atoms in total. The first kappa shape index (κ1) is 74.2. The summed E-state index contributed by atoms with van der Waals surface area (Å²) in [6.07, 6.45) is 66.0. The van der Waals surface area contributed by atoms with Crippen molar-refractivity contribution in [2.24, 2.45) is 0 Å². The summed E-state index contributed by atoms with van der Waals surface area (Å²) >= 11 is 0. The summed E-state index contributed by atoms with van der Waals surface area (Å²) in [5.41, 5.74) is 0. The van der Waals surface area contributed by atoms with Crippen LogP contribution < -0.4 is 5.32 Å². The minimum Gasteiger partial charge on any atom is -0.394 e. The van der Waals surface area contributed by atoms with Gasteiger partial charge in [0, 0.05) is 6.42 Å². The molecule has 0 bridgehead atoms. The molecule has 0 aromatic carbocycles. The first-order valence-electron chi connectivity index (χ1n) is 34.7. The lowest BCUT2D eigenvalue weighted by Crippen LogP contribution is -2.60. The minimum absolute atomic E-state index is 0.130. The van der Waals surface area contributed by atoms with E-state index < -0.39 is 49.5 Å². The molecule has 1 rings (SSSR count). The van der Waals surface area contributed by atoms with Crippen molar-refractivity contribution < 1.29 is 39.8 Å². The monoisotopic (exact) mass is 1090 g/mol. The van der Waals surface area contributed by atoms with E-state index in [4.69, 9.17) is 9.47 Å². The number of carbonyl (C=O) groups is 1. The van der Waals surface area contributed by atoms with Gasteiger partial charge >= 0.3 is 0 Å². The summed E-state index contributed by atoms with van der Waals surface area (Å²) < 4.78 is 11.4. The smallest absolute Gasteiger partial charge is 0.220 e. The molecule has 1 aliphatic heterocycles. The zero-order chi connectivity index (χ0) is 55.8. The lowest BCUT2D eigenvalue weighted by atomic mass is 9.99. The molecule has 1 amide bonds. The molecule has 0 saturated carbocycles. The lowest BCUT2D eigenvalue weighted by molar-refractivity contribution is -0.302. The zero-order valence-corrected chi connectivity index (χ0v) is 51.5. The van der Waals surface area contributed by atoms with Gasteiger partial charge in [-0.05, 0) is 12.8 Å². The Morgan fingerprint density at radius 3 is 0.922 bits per heavy atom. The van der Waals surface area contributed by atoms with Gasteiger partial charge in [0.15, 0.2) is 6.29 Å². The van der Waals surface area contributed by atoms with Gasteiger partial charge in [-0.3, -0.25) is 4.79 Å². The van der Waals surface area contributed by atoms with Crippen LogP contribution in [0.3, 0.4) is 0 Å². The van der Waals surface area contributed by atoms with Crippen LogP contribution in [0.5, 0.6) is 0 Å². The predicted octanol–water partition coefficient (Wildman–Crippen LogP) is 18.5. The molecule has 77 heavy (non-hydrogen) atoms. The molecule has 9 heteroatoms. The Bertz CT molecular complexity index is 1180. The number of hydrogen-bond acceptors (Lipinski definition) is 8. The van der Waals surface area contributed by atoms with E-state index in [-0.39, 0.29) is 12.5 Å². The molecular weight excluding hydrogens is 959 g/mol. The average molecular weight is 1090 g/mol. The highest BCUT2D eigenvalue weighted by Crippen LogP contribution is 2.24. The van der Waals surface area contributed by atoms with Crippen molar-refractivity contribution in [3.63, 3.8) is 0 Å². The molecule has 1 saturated heterocycles. The van der Waals surface area contributed by atoms with Crippen molar-refractivity contribution in [2.45, 2.75) is 416 Å². The van der Waals surface area contributed by atoms with Crippen LogP contribution in [0.25, 0.3) is 0 Å². The van der Waals surface area contributed by atoms with Gasteiger partial charge in [-0.25, -0.2) is 0 Å². The van der Waals surface area contributed by atoms with Crippen LogP contribution in [0.15, 0.2) is 0 Å². The summed E-state index contributed by atoms with van der Waals surface area (Å²) in [5, 5.41) is 54.9. The van der Waals surface area contributed by atoms with Gasteiger partial charge < -0.3 is 40.3 Å². The number of amides is 1. The van der Waals surface area contributed by atoms with Crippen molar-refractivity contribution in [3.05, 3.63) is 0 Å². The molecule has 7 unspecified atom stereocenters. The highest BCUT2D eigenvalue weighted by molar-refractivity contribution is 5.76. The van der Waals surface area contributed by atoms with E-state index in [1.54, 1.807) is 0 Å². The summed E-state index contributed by atoms with van der Waals surface area (Å²) in [7, 11) is 0. The number of nitrogens with one attached hydrogen (secondary N) is 1. The van der Waals surface area contributed by atoms with Gasteiger partial charge in [0.25, 0.3) is 0 Å². The molecule has 0 aromatic heterocycles. The van der Waals surface area contributed by atoms with E-state index in [1.165, 1.54) is 308 Å². The van der Waals surface area contributed by atoms with Crippen molar-refractivity contribution in [2.75, 3.05) is 13.2 Å². The summed E-state index contributed by atoms with van der Waals surface area (Å²) in [6.45, 7) is 3.91. The maximum atomic E-state index is 13.1. The molecular formula is C68H135NO8. The Hall–Kier alpha value is -0.810. The maximum absolute atomic E-state index is 13.1. The maximum Gasteiger partial charge on any atom is 0.220 e. The second kappa shape index (κ2) is 58.4. The molecule has 0 spiro atoms.